The zero-order valence-electron chi connectivity index (χ0n) is 9.62. The molecule has 0 aliphatic carbocycles. The molecule has 104 valence electrons. The summed E-state index contributed by atoms with van der Waals surface area (Å²) in [5, 5.41) is 13.3. The van der Waals surface area contributed by atoms with Crippen LogP contribution in [-0.2, 0) is 0 Å². The average molecular weight is 318 g/mol. The SMILES string of the molecule is O=C(Nc1cscc1C(=O)O)c1cc(F)c(Cl)cc1F. The number of carbonyl (C=O) groups is 2. The van der Waals surface area contributed by atoms with Crippen molar-refractivity contribution >= 4 is 40.5 Å². The number of carboxylic acid groups (broad SMARTS) is 1. The second-order valence-electron chi connectivity index (χ2n) is 3.70. The van der Waals surface area contributed by atoms with E-state index in [4.69, 9.17) is 16.7 Å². The zero-order valence-corrected chi connectivity index (χ0v) is 11.2. The van der Waals surface area contributed by atoms with Crippen molar-refractivity contribution in [2.24, 2.45) is 0 Å². The Balaban J connectivity index is 2.31. The van der Waals surface area contributed by atoms with Crippen LogP contribution in [0.2, 0.25) is 5.02 Å². The first-order chi connectivity index (χ1) is 9.40. The number of nitrogens with one attached hydrogen (secondary N) is 1. The van der Waals surface area contributed by atoms with Gasteiger partial charge in [0.1, 0.15) is 11.6 Å². The van der Waals surface area contributed by atoms with Gasteiger partial charge in [-0.15, -0.1) is 11.3 Å². The monoisotopic (exact) mass is 317 g/mol. The Kier molecular flexibility index (Phi) is 4.01. The largest absolute Gasteiger partial charge is 0.478 e. The Morgan fingerprint density at radius 1 is 1.15 bits per heavy atom. The van der Waals surface area contributed by atoms with Gasteiger partial charge in [0.15, 0.2) is 0 Å². The number of carboxylic acids is 1. The molecule has 0 radical (unpaired) electrons. The van der Waals surface area contributed by atoms with Gasteiger partial charge in [-0.2, -0.15) is 0 Å². The minimum absolute atomic E-state index is 0.0160. The fourth-order valence-electron chi connectivity index (χ4n) is 1.45. The van der Waals surface area contributed by atoms with E-state index in [2.05, 4.69) is 5.32 Å². The summed E-state index contributed by atoms with van der Waals surface area (Å²) in [7, 11) is 0. The summed E-state index contributed by atoms with van der Waals surface area (Å²) in [6, 6.07) is 1.33. The van der Waals surface area contributed by atoms with Crippen molar-refractivity contribution in [3.63, 3.8) is 0 Å². The van der Waals surface area contributed by atoms with Crippen molar-refractivity contribution < 1.29 is 23.5 Å². The Morgan fingerprint density at radius 2 is 1.85 bits per heavy atom. The molecule has 20 heavy (non-hydrogen) atoms. The Labute approximate surface area is 120 Å². The van der Waals surface area contributed by atoms with Crippen LogP contribution in [0.15, 0.2) is 22.9 Å². The maximum atomic E-state index is 13.5. The van der Waals surface area contributed by atoms with Crippen LogP contribution in [0.3, 0.4) is 0 Å². The Morgan fingerprint density at radius 3 is 2.50 bits per heavy atom. The van der Waals surface area contributed by atoms with E-state index in [1.807, 2.05) is 0 Å². The molecule has 0 aliphatic rings. The predicted octanol–water partition coefficient (Wildman–Crippen LogP) is 3.63. The number of amides is 1. The summed E-state index contributed by atoms with van der Waals surface area (Å²) < 4.78 is 26.8. The minimum atomic E-state index is -1.23. The highest BCUT2D eigenvalue weighted by atomic mass is 35.5. The van der Waals surface area contributed by atoms with Crippen LogP contribution in [0.4, 0.5) is 14.5 Å². The van der Waals surface area contributed by atoms with E-state index in [0.717, 1.165) is 11.3 Å². The Bertz CT molecular complexity index is 702. The number of halogens is 3. The molecule has 1 heterocycles. The third kappa shape index (κ3) is 2.78. The lowest BCUT2D eigenvalue weighted by atomic mass is 10.2. The Hall–Kier alpha value is -1.99. The first-order valence-corrected chi connectivity index (χ1v) is 6.47. The number of hydrogen-bond acceptors (Lipinski definition) is 3. The van der Waals surface area contributed by atoms with Crippen LogP contribution in [0.25, 0.3) is 0 Å². The van der Waals surface area contributed by atoms with Gasteiger partial charge in [0.05, 0.1) is 21.8 Å². The highest BCUT2D eigenvalue weighted by Crippen LogP contribution is 2.24. The quantitative estimate of drug-likeness (QED) is 0.849. The number of benzene rings is 1. The molecule has 1 aromatic carbocycles. The van der Waals surface area contributed by atoms with Crippen LogP contribution in [0.1, 0.15) is 20.7 Å². The molecule has 0 saturated heterocycles. The maximum Gasteiger partial charge on any atom is 0.338 e. The van der Waals surface area contributed by atoms with Gasteiger partial charge in [0.2, 0.25) is 0 Å². The van der Waals surface area contributed by atoms with E-state index in [-0.39, 0.29) is 11.3 Å². The molecule has 1 aromatic heterocycles. The molecule has 0 spiro atoms. The van der Waals surface area contributed by atoms with Crippen LogP contribution in [0.5, 0.6) is 0 Å². The van der Waals surface area contributed by atoms with E-state index < -0.39 is 34.1 Å². The van der Waals surface area contributed by atoms with Crippen LogP contribution >= 0.6 is 22.9 Å². The highest BCUT2D eigenvalue weighted by molar-refractivity contribution is 7.08. The molecule has 0 saturated carbocycles. The van der Waals surface area contributed by atoms with Gasteiger partial charge < -0.3 is 10.4 Å². The van der Waals surface area contributed by atoms with Crippen molar-refractivity contribution in [3.05, 3.63) is 50.7 Å². The minimum Gasteiger partial charge on any atom is -0.478 e. The molecule has 1 amide bonds. The van der Waals surface area contributed by atoms with E-state index >= 15 is 0 Å². The van der Waals surface area contributed by atoms with Gasteiger partial charge in [-0.3, -0.25) is 4.79 Å². The first-order valence-electron chi connectivity index (χ1n) is 5.15. The van der Waals surface area contributed by atoms with Gasteiger partial charge in [-0.25, -0.2) is 13.6 Å². The number of rotatable bonds is 3. The van der Waals surface area contributed by atoms with E-state index in [1.54, 1.807) is 0 Å². The second kappa shape index (κ2) is 5.56. The fourth-order valence-corrected chi connectivity index (χ4v) is 2.35. The van der Waals surface area contributed by atoms with Crippen molar-refractivity contribution in [1.82, 2.24) is 0 Å². The molecular weight excluding hydrogens is 312 g/mol. The van der Waals surface area contributed by atoms with E-state index in [1.165, 1.54) is 10.8 Å². The van der Waals surface area contributed by atoms with Crippen molar-refractivity contribution in [2.75, 3.05) is 5.32 Å². The lowest BCUT2D eigenvalue weighted by Crippen LogP contribution is -2.15. The normalized spacial score (nSPS) is 10.3. The summed E-state index contributed by atoms with van der Waals surface area (Å²) in [6.07, 6.45) is 0. The zero-order chi connectivity index (χ0) is 14.9. The van der Waals surface area contributed by atoms with Crippen molar-refractivity contribution in [1.29, 1.82) is 0 Å². The van der Waals surface area contributed by atoms with Crippen LogP contribution in [-0.4, -0.2) is 17.0 Å². The summed E-state index contributed by atoms with van der Waals surface area (Å²) in [5.41, 5.74) is -0.671. The van der Waals surface area contributed by atoms with Gasteiger partial charge in [0, 0.05) is 10.8 Å². The number of carbonyl (C=O) groups excluding carboxylic acids is 1. The topological polar surface area (TPSA) is 66.4 Å². The first kappa shape index (κ1) is 14.4. The van der Waals surface area contributed by atoms with Crippen LogP contribution in [0, 0.1) is 11.6 Å². The molecule has 8 heteroatoms. The lowest BCUT2D eigenvalue weighted by Gasteiger charge is -2.06. The molecule has 0 aliphatic heterocycles. The fraction of sp³-hybridized carbons (Fsp3) is 0. The standard InChI is InChI=1S/C12H6ClF2NO3S/c13-7-2-8(14)5(1-9(7)15)11(17)16-10-4-20-3-6(10)12(18)19/h1-4H,(H,16,17)(H,18,19). The molecule has 2 N–H and O–H groups in total. The molecule has 2 aromatic rings. The van der Waals surface area contributed by atoms with Gasteiger partial charge in [-0.1, -0.05) is 11.6 Å². The lowest BCUT2D eigenvalue weighted by molar-refractivity contribution is 0.0698. The average Bonchev–Trinajstić information content (AvgIpc) is 2.81. The molecule has 2 rings (SSSR count). The van der Waals surface area contributed by atoms with Gasteiger partial charge >= 0.3 is 5.97 Å². The third-order valence-electron chi connectivity index (χ3n) is 2.40. The summed E-state index contributed by atoms with van der Waals surface area (Å²) >= 11 is 6.43. The van der Waals surface area contributed by atoms with Gasteiger partial charge in [-0.05, 0) is 12.1 Å². The molecule has 0 unspecified atom stereocenters. The number of hydrogen-bond donors (Lipinski definition) is 2. The molecule has 0 bridgehead atoms. The molecule has 0 atom stereocenters. The van der Waals surface area contributed by atoms with Crippen LogP contribution < -0.4 is 5.32 Å². The maximum absolute atomic E-state index is 13.5. The molecular formula is C12H6ClF2NO3S. The number of thiophene rings is 1. The highest BCUT2D eigenvalue weighted by Gasteiger charge is 2.18. The summed E-state index contributed by atoms with van der Waals surface area (Å²) in [6.45, 7) is 0. The van der Waals surface area contributed by atoms with Crippen molar-refractivity contribution in [2.45, 2.75) is 0 Å². The molecule has 4 nitrogen and oxygen atoms in total. The molecule has 0 fully saturated rings. The predicted molar refractivity (Wildman–Crippen MR) is 70.6 cm³/mol. The third-order valence-corrected chi connectivity index (χ3v) is 3.43. The summed E-state index contributed by atoms with van der Waals surface area (Å²) in [5.74, 6) is -4.13. The summed E-state index contributed by atoms with van der Waals surface area (Å²) in [4.78, 5) is 22.7. The van der Waals surface area contributed by atoms with Crippen molar-refractivity contribution in [3.8, 4) is 0 Å². The smallest absolute Gasteiger partial charge is 0.338 e. The van der Waals surface area contributed by atoms with Gasteiger partial charge in [0.25, 0.3) is 5.91 Å². The van der Waals surface area contributed by atoms with E-state index in [0.29, 0.717) is 12.1 Å². The van der Waals surface area contributed by atoms with E-state index in [9.17, 15) is 18.4 Å². The second-order valence-corrected chi connectivity index (χ2v) is 4.86. The number of anilines is 1. The number of aromatic carboxylic acids is 1.